The van der Waals surface area contributed by atoms with Crippen molar-refractivity contribution in [3.63, 3.8) is 0 Å². The van der Waals surface area contributed by atoms with Crippen LogP contribution in [-0.4, -0.2) is 47.8 Å². The molecule has 2 aromatic rings. The topological polar surface area (TPSA) is 93.6 Å². The van der Waals surface area contributed by atoms with Gasteiger partial charge in [0.05, 0.1) is 19.3 Å². The number of hydrogen-bond acceptors (Lipinski definition) is 7. The predicted molar refractivity (Wildman–Crippen MR) is 125 cm³/mol. The lowest BCUT2D eigenvalue weighted by atomic mass is 9.72. The summed E-state index contributed by atoms with van der Waals surface area (Å²) in [5, 5.41) is 3.37. The number of nitrogens with one attached hydrogen (secondary N) is 1. The Balaban J connectivity index is 1.58. The molecule has 0 bridgehead atoms. The molecule has 33 heavy (non-hydrogen) atoms. The Morgan fingerprint density at radius 1 is 1.21 bits per heavy atom. The fourth-order valence-electron chi connectivity index (χ4n) is 4.89. The minimum Gasteiger partial charge on any atom is -0.464 e. The minimum absolute atomic E-state index is 0.149. The summed E-state index contributed by atoms with van der Waals surface area (Å²) >= 11 is 6.08. The lowest BCUT2D eigenvalue weighted by molar-refractivity contribution is 0.0426. The van der Waals surface area contributed by atoms with Crippen LogP contribution in [0.5, 0.6) is 0 Å². The predicted octanol–water partition coefficient (Wildman–Crippen LogP) is 4.33. The summed E-state index contributed by atoms with van der Waals surface area (Å²) in [5.41, 5.74) is 1.79. The second-order valence-corrected chi connectivity index (χ2v) is 10.0. The number of carbonyl (C=O) groups is 2. The minimum atomic E-state index is -0.575. The van der Waals surface area contributed by atoms with Crippen LogP contribution in [-0.2, 0) is 15.9 Å². The Labute approximate surface area is 198 Å². The molecule has 0 radical (unpaired) electrons. The molecule has 1 aromatic carbocycles. The summed E-state index contributed by atoms with van der Waals surface area (Å²) in [7, 11) is 1.32. The zero-order chi connectivity index (χ0) is 23.8. The average molecular weight is 473 g/mol. The maximum absolute atomic E-state index is 12.7. The van der Waals surface area contributed by atoms with E-state index in [2.05, 4.69) is 27.4 Å². The molecule has 8 nitrogen and oxygen atoms in total. The molecule has 176 valence electrons. The van der Waals surface area contributed by atoms with Gasteiger partial charge in [-0.2, -0.15) is 0 Å². The van der Waals surface area contributed by atoms with Crippen molar-refractivity contribution in [1.82, 2.24) is 15.3 Å². The smallest absolute Gasteiger partial charge is 0.408 e. The van der Waals surface area contributed by atoms with Gasteiger partial charge in [-0.25, -0.2) is 19.6 Å². The van der Waals surface area contributed by atoms with Gasteiger partial charge >= 0.3 is 12.1 Å². The number of hydrogen-bond donors (Lipinski definition) is 1. The molecule has 1 aliphatic carbocycles. The van der Waals surface area contributed by atoms with Gasteiger partial charge in [0.15, 0.2) is 11.5 Å². The number of nitrogens with zero attached hydrogens (tertiary/aromatic N) is 3. The van der Waals surface area contributed by atoms with E-state index in [1.165, 1.54) is 18.9 Å². The van der Waals surface area contributed by atoms with Crippen LogP contribution in [0.1, 0.15) is 61.3 Å². The van der Waals surface area contributed by atoms with E-state index in [9.17, 15) is 9.59 Å². The van der Waals surface area contributed by atoms with Crippen molar-refractivity contribution in [2.75, 3.05) is 25.1 Å². The van der Waals surface area contributed by atoms with Gasteiger partial charge in [0.25, 0.3) is 0 Å². The van der Waals surface area contributed by atoms with E-state index in [-0.39, 0.29) is 22.3 Å². The second-order valence-electron chi connectivity index (χ2n) is 9.66. The van der Waals surface area contributed by atoms with E-state index in [0.717, 1.165) is 24.8 Å². The van der Waals surface area contributed by atoms with Crippen LogP contribution in [0.4, 0.5) is 10.6 Å². The fourth-order valence-corrected chi connectivity index (χ4v) is 5.02. The quantitative estimate of drug-likeness (QED) is 0.664. The SMILES string of the molecule is COC(=O)c1ncc(Cl)nc1N1CCC2(CC1)Cc1ccccc1[C@H]2NC(=O)OC(C)(C)C. The first kappa shape index (κ1) is 23.3. The Bertz CT molecular complexity index is 1060. The van der Waals surface area contributed by atoms with Crippen molar-refractivity contribution < 1.29 is 19.1 Å². The highest BCUT2D eigenvalue weighted by molar-refractivity contribution is 6.29. The molecule has 1 aliphatic heterocycles. The van der Waals surface area contributed by atoms with Crippen molar-refractivity contribution in [3.8, 4) is 0 Å². The summed E-state index contributed by atoms with van der Waals surface area (Å²) < 4.78 is 10.4. The Morgan fingerprint density at radius 2 is 1.91 bits per heavy atom. The number of carbonyl (C=O) groups excluding carboxylic acids is 2. The van der Waals surface area contributed by atoms with Crippen LogP contribution in [0, 0.1) is 5.41 Å². The maximum Gasteiger partial charge on any atom is 0.408 e. The number of aromatic nitrogens is 2. The van der Waals surface area contributed by atoms with Crippen LogP contribution >= 0.6 is 11.6 Å². The number of ether oxygens (including phenoxy) is 2. The van der Waals surface area contributed by atoms with Crippen LogP contribution in [0.25, 0.3) is 0 Å². The van der Waals surface area contributed by atoms with Gasteiger partial charge in [-0.05, 0) is 51.2 Å². The first-order valence-electron chi connectivity index (χ1n) is 11.0. The van der Waals surface area contributed by atoms with Gasteiger partial charge in [0, 0.05) is 18.5 Å². The molecule has 1 atom stereocenters. The molecule has 1 fully saturated rings. The molecule has 2 heterocycles. The van der Waals surface area contributed by atoms with Gasteiger partial charge in [-0.3, -0.25) is 0 Å². The van der Waals surface area contributed by atoms with Gasteiger partial charge < -0.3 is 19.7 Å². The van der Waals surface area contributed by atoms with Gasteiger partial charge in [0.1, 0.15) is 10.8 Å². The van der Waals surface area contributed by atoms with Crippen LogP contribution in [0.2, 0.25) is 5.15 Å². The fraction of sp³-hybridized carbons (Fsp3) is 0.500. The molecule has 1 N–H and O–H groups in total. The number of halogens is 1. The van der Waals surface area contributed by atoms with Crippen LogP contribution < -0.4 is 10.2 Å². The lowest BCUT2D eigenvalue weighted by Crippen LogP contribution is -2.48. The van der Waals surface area contributed by atoms with E-state index < -0.39 is 17.7 Å². The average Bonchev–Trinajstić information content (AvgIpc) is 3.05. The van der Waals surface area contributed by atoms with Crippen LogP contribution in [0.15, 0.2) is 30.5 Å². The number of alkyl carbamates (subject to hydrolysis) is 1. The van der Waals surface area contributed by atoms with E-state index in [0.29, 0.717) is 18.9 Å². The third-order valence-corrected chi connectivity index (χ3v) is 6.53. The van der Waals surface area contributed by atoms with Crippen LogP contribution in [0.3, 0.4) is 0 Å². The Kier molecular flexibility index (Phi) is 6.22. The number of benzene rings is 1. The number of amides is 1. The Hall–Kier alpha value is -2.87. The third kappa shape index (κ3) is 4.76. The summed E-state index contributed by atoms with van der Waals surface area (Å²) in [4.78, 5) is 35.5. The van der Waals surface area contributed by atoms with E-state index in [4.69, 9.17) is 21.1 Å². The Morgan fingerprint density at radius 3 is 2.58 bits per heavy atom. The molecule has 1 amide bonds. The largest absolute Gasteiger partial charge is 0.464 e. The van der Waals surface area contributed by atoms with Crippen molar-refractivity contribution >= 4 is 29.5 Å². The number of fused-ring (bicyclic) bond motifs is 1. The number of piperidine rings is 1. The van der Waals surface area contributed by atoms with E-state index >= 15 is 0 Å². The molecule has 0 unspecified atom stereocenters. The molecule has 1 saturated heterocycles. The normalized spacial score (nSPS) is 19.2. The van der Waals surface area contributed by atoms with Crippen molar-refractivity contribution in [2.24, 2.45) is 5.41 Å². The molecule has 2 aliphatic rings. The van der Waals surface area contributed by atoms with Gasteiger partial charge in [-0.15, -0.1) is 0 Å². The summed E-state index contributed by atoms with van der Waals surface area (Å²) in [6, 6.07) is 8.08. The number of anilines is 1. The number of esters is 1. The molecular weight excluding hydrogens is 444 g/mol. The summed E-state index contributed by atoms with van der Waals surface area (Å²) in [6.45, 7) is 6.84. The van der Waals surface area contributed by atoms with E-state index in [1.807, 2.05) is 37.8 Å². The molecule has 1 aromatic heterocycles. The third-order valence-electron chi connectivity index (χ3n) is 6.34. The highest BCUT2D eigenvalue weighted by atomic mass is 35.5. The number of rotatable bonds is 3. The first-order valence-corrected chi connectivity index (χ1v) is 11.4. The van der Waals surface area contributed by atoms with Crippen molar-refractivity contribution in [3.05, 3.63) is 52.4 Å². The zero-order valence-corrected chi connectivity index (χ0v) is 20.1. The molecular formula is C24H29ClN4O4. The molecule has 4 rings (SSSR count). The maximum atomic E-state index is 12.7. The highest BCUT2D eigenvalue weighted by Gasteiger charge is 2.49. The highest BCUT2D eigenvalue weighted by Crippen LogP contribution is 2.52. The number of methoxy groups -OCH3 is 1. The monoisotopic (exact) mass is 472 g/mol. The second kappa shape index (κ2) is 8.82. The zero-order valence-electron chi connectivity index (χ0n) is 19.4. The van der Waals surface area contributed by atoms with Gasteiger partial charge in [-0.1, -0.05) is 35.9 Å². The molecule has 0 saturated carbocycles. The molecule has 1 spiro atoms. The van der Waals surface area contributed by atoms with Crippen molar-refractivity contribution in [2.45, 2.75) is 51.7 Å². The molecule has 9 heteroatoms. The summed E-state index contributed by atoms with van der Waals surface area (Å²) in [6.07, 6.45) is 3.37. The standard InChI is InChI=1S/C24H29ClN4O4/c1-23(2,3)33-22(31)28-19-16-8-6-5-7-15(16)13-24(19)9-11-29(12-10-24)20-18(21(30)32-4)26-14-17(25)27-20/h5-8,14,19H,9-13H2,1-4H3,(H,28,31)/t19-/m1/s1. The van der Waals surface area contributed by atoms with Gasteiger partial charge in [0.2, 0.25) is 0 Å². The summed E-state index contributed by atoms with van der Waals surface area (Å²) in [5.74, 6) is -0.122. The first-order chi connectivity index (χ1) is 15.6. The van der Waals surface area contributed by atoms with E-state index in [1.54, 1.807) is 0 Å². The lowest BCUT2D eigenvalue weighted by Gasteiger charge is -2.44. The van der Waals surface area contributed by atoms with Crippen molar-refractivity contribution in [1.29, 1.82) is 0 Å².